The van der Waals surface area contributed by atoms with Crippen LogP contribution in [0.1, 0.15) is 10.5 Å². The van der Waals surface area contributed by atoms with Gasteiger partial charge in [-0.05, 0) is 54.1 Å². The second-order valence-corrected chi connectivity index (χ2v) is 7.16. The van der Waals surface area contributed by atoms with Gasteiger partial charge in [0, 0.05) is 22.3 Å². The van der Waals surface area contributed by atoms with E-state index in [4.69, 9.17) is 23.2 Å². The number of hydrogen-bond acceptors (Lipinski definition) is 2. The molecule has 0 aliphatic heterocycles. The van der Waals surface area contributed by atoms with E-state index >= 15 is 0 Å². The smallest absolute Gasteiger partial charge is 0.298 e. The quantitative estimate of drug-likeness (QED) is 0.327. The van der Waals surface area contributed by atoms with E-state index in [0.717, 1.165) is 5.52 Å². The van der Waals surface area contributed by atoms with Crippen molar-refractivity contribution in [2.24, 2.45) is 0 Å². The van der Waals surface area contributed by atoms with Gasteiger partial charge in [0.1, 0.15) is 11.5 Å². The number of aromatic nitrogens is 1. The van der Waals surface area contributed by atoms with Gasteiger partial charge in [-0.1, -0.05) is 41.4 Å². The topological polar surface area (TPSA) is 50.6 Å². The maximum Gasteiger partial charge on any atom is 0.298 e. The summed E-state index contributed by atoms with van der Waals surface area (Å²) in [6, 6.07) is 17.5. The molecule has 0 atom stereocenters. The van der Waals surface area contributed by atoms with Gasteiger partial charge in [0.15, 0.2) is 0 Å². The van der Waals surface area contributed by atoms with Crippen LogP contribution in [0.2, 0.25) is 10.0 Å². The number of amides is 1. The van der Waals surface area contributed by atoms with E-state index < -0.39 is 11.7 Å². The minimum atomic E-state index is -0.846. The van der Waals surface area contributed by atoms with Crippen molar-refractivity contribution in [2.75, 3.05) is 5.32 Å². The molecule has 29 heavy (non-hydrogen) atoms. The maximum atomic E-state index is 13.3. The molecule has 7 heteroatoms. The van der Waals surface area contributed by atoms with Crippen molar-refractivity contribution in [1.82, 2.24) is 4.40 Å². The average molecular weight is 427 g/mol. The number of halogens is 3. The highest BCUT2D eigenvalue weighted by atomic mass is 35.5. The second kappa shape index (κ2) is 7.70. The second-order valence-electron chi connectivity index (χ2n) is 6.32. The zero-order chi connectivity index (χ0) is 20.5. The predicted molar refractivity (Wildman–Crippen MR) is 112 cm³/mol. The molecule has 0 spiro atoms. The van der Waals surface area contributed by atoms with Crippen LogP contribution in [0, 0.1) is 5.82 Å². The summed E-state index contributed by atoms with van der Waals surface area (Å²) in [6.45, 7) is 0. The first kappa shape index (κ1) is 19.2. The number of nitrogens with one attached hydrogen (secondary N) is 1. The molecule has 0 aliphatic carbocycles. The molecule has 0 saturated heterocycles. The Kier molecular flexibility index (Phi) is 5.09. The van der Waals surface area contributed by atoms with E-state index in [2.05, 4.69) is 5.32 Å². The third-order valence-electron chi connectivity index (χ3n) is 4.44. The van der Waals surface area contributed by atoms with Crippen molar-refractivity contribution in [1.29, 1.82) is 0 Å². The van der Waals surface area contributed by atoms with Crippen LogP contribution in [0.15, 0.2) is 72.9 Å². The Morgan fingerprint density at radius 3 is 2.41 bits per heavy atom. The molecule has 0 fully saturated rings. The first-order chi connectivity index (χ1) is 13.9. The Morgan fingerprint density at radius 2 is 1.69 bits per heavy atom. The van der Waals surface area contributed by atoms with Crippen LogP contribution < -0.4 is 5.32 Å². The van der Waals surface area contributed by atoms with Gasteiger partial charge in [-0.15, -0.1) is 0 Å². The number of benzene rings is 2. The van der Waals surface area contributed by atoms with Crippen LogP contribution in [0.5, 0.6) is 0 Å². The Morgan fingerprint density at radius 1 is 0.931 bits per heavy atom. The largest absolute Gasteiger partial charge is 0.318 e. The van der Waals surface area contributed by atoms with E-state index in [1.165, 1.54) is 24.3 Å². The highest BCUT2D eigenvalue weighted by molar-refractivity contribution is 6.48. The van der Waals surface area contributed by atoms with Gasteiger partial charge in [0.05, 0.1) is 10.7 Å². The van der Waals surface area contributed by atoms with Gasteiger partial charge in [0.25, 0.3) is 11.7 Å². The molecule has 144 valence electrons. The summed E-state index contributed by atoms with van der Waals surface area (Å²) in [6.07, 6.45) is 1.69. The SMILES string of the molecule is O=C(Nc1ccc(Cl)cc1Cl)C(=O)c1c(-c2ccc(F)cc2)cc2ccccn12. The molecular weight excluding hydrogens is 414 g/mol. The fourth-order valence-electron chi connectivity index (χ4n) is 3.08. The van der Waals surface area contributed by atoms with Gasteiger partial charge < -0.3 is 9.72 Å². The fourth-order valence-corrected chi connectivity index (χ4v) is 3.54. The molecule has 4 nitrogen and oxygen atoms in total. The third-order valence-corrected chi connectivity index (χ3v) is 4.98. The molecule has 2 heterocycles. The molecule has 4 rings (SSSR count). The van der Waals surface area contributed by atoms with Crippen LogP contribution in [0.3, 0.4) is 0 Å². The number of anilines is 1. The molecule has 0 saturated carbocycles. The summed E-state index contributed by atoms with van der Waals surface area (Å²) < 4.78 is 15.0. The summed E-state index contributed by atoms with van der Waals surface area (Å²) in [4.78, 5) is 25.8. The van der Waals surface area contributed by atoms with E-state index in [1.54, 1.807) is 40.9 Å². The lowest BCUT2D eigenvalue weighted by Crippen LogP contribution is -2.24. The summed E-state index contributed by atoms with van der Waals surface area (Å²) in [5.41, 5.74) is 2.33. The van der Waals surface area contributed by atoms with Crippen LogP contribution in [0.4, 0.5) is 10.1 Å². The molecule has 2 aromatic heterocycles. The van der Waals surface area contributed by atoms with Crippen molar-refractivity contribution in [3.05, 3.63) is 94.5 Å². The van der Waals surface area contributed by atoms with Gasteiger partial charge >= 0.3 is 0 Å². The number of ketones is 1. The van der Waals surface area contributed by atoms with E-state index in [1.807, 2.05) is 12.1 Å². The summed E-state index contributed by atoms with van der Waals surface area (Å²) in [5.74, 6) is -1.98. The van der Waals surface area contributed by atoms with Crippen LogP contribution >= 0.6 is 23.2 Å². The molecule has 1 amide bonds. The van der Waals surface area contributed by atoms with Crippen molar-refractivity contribution in [3.8, 4) is 11.1 Å². The highest BCUT2D eigenvalue weighted by Gasteiger charge is 2.25. The Balaban J connectivity index is 1.77. The summed E-state index contributed by atoms with van der Waals surface area (Å²) >= 11 is 12.0. The standard InChI is InChI=1S/C22H13Cl2FN2O2/c23-14-6-9-19(18(24)11-14)26-22(29)21(28)20-17(13-4-7-15(25)8-5-13)12-16-3-1-2-10-27(16)20/h1-12H,(H,26,29). The number of carbonyl (C=O) groups excluding carboxylic acids is 2. The summed E-state index contributed by atoms with van der Waals surface area (Å²) in [5, 5.41) is 3.16. The van der Waals surface area contributed by atoms with E-state index in [-0.39, 0.29) is 22.2 Å². The van der Waals surface area contributed by atoms with Crippen LogP contribution in [-0.2, 0) is 4.79 Å². The van der Waals surface area contributed by atoms with Crippen LogP contribution in [-0.4, -0.2) is 16.1 Å². The van der Waals surface area contributed by atoms with Gasteiger partial charge in [0.2, 0.25) is 0 Å². The third kappa shape index (κ3) is 3.75. The molecule has 0 radical (unpaired) electrons. The number of carbonyl (C=O) groups is 2. The van der Waals surface area contributed by atoms with Crippen molar-refractivity contribution in [2.45, 2.75) is 0 Å². The van der Waals surface area contributed by atoms with Crippen molar-refractivity contribution < 1.29 is 14.0 Å². The normalized spacial score (nSPS) is 10.9. The number of rotatable bonds is 4. The Labute approximate surface area is 175 Å². The van der Waals surface area contributed by atoms with Gasteiger partial charge in [-0.25, -0.2) is 4.39 Å². The monoisotopic (exact) mass is 426 g/mol. The number of pyridine rings is 1. The summed E-state index contributed by atoms with van der Waals surface area (Å²) in [7, 11) is 0. The van der Waals surface area contributed by atoms with Crippen LogP contribution in [0.25, 0.3) is 16.6 Å². The minimum Gasteiger partial charge on any atom is -0.318 e. The molecule has 1 N–H and O–H groups in total. The first-order valence-corrected chi connectivity index (χ1v) is 9.36. The molecular formula is C22H13Cl2FN2O2. The number of Topliss-reactive ketones (excluding diaryl/α,β-unsaturated/α-hetero) is 1. The van der Waals surface area contributed by atoms with Crippen molar-refractivity contribution >= 4 is 46.1 Å². The lowest BCUT2D eigenvalue weighted by molar-refractivity contribution is -0.112. The lowest BCUT2D eigenvalue weighted by atomic mass is 10.0. The Bertz CT molecular complexity index is 1250. The molecule has 0 unspecified atom stereocenters. The molecule has 4 aromatic rings. The maximum absolute atomic E-state index is 13.3. The molecule has 2 aromatic carbocycles. The molecule has 0 aliphatic rings. The van der Waals surface area contributed by atoms with E-state index in [0.29, 0.717) is 16.1 Å². The van der Waals surface area contributed by atoms with E-state index in [9.17, 15) is 14.0 Å². The minimum absolute atomic E-state index is 0.176. The lowest BCUT2D eigenvalue weighted by Gasteiger charge is -2.09. The van der Waals surface area contributed by atoms with Gasteiger partial charge in [-0.2, -0.15) is 0 Å². The number of hydrogen-bond donors (Lipinski definition) is 1. The highest BCUT2D eigenvalue weighted by Crippen LogP contribution is 2.30. The van der Waals surface area contributed by atoms with Gasteiger partial charge in [-0.3, -0.25) is 9.59 Å². The zero-order valence-corrected chi connectivity index (χ0v) is 16.3. The molecule has 0 bridgehead atoms. The average Bonchev–Trinajstić information content (AvgIpc) is 3.09. The zero-order valence-electron chi connectivity index (χ0n) is 14.8. The van der Waals surface area contributed by atoms with Crippen molar-refractivity contribution in [3.63, 3.8) is 0 Å². The Hall–Kier alpha value is -3.15. The first-order valence-electron chi connectivity index (χ1n) is 8.61. The fraction of sp³-hybridized carbons (Fsp3) is 0. The predicted octanol–water partition coefficient (Wildman–Crippen LogP) is 5.87. The number of nitrogens with zero attached hydrogens (tertiary/aromatic N) is 1. The number of fused-ring (bicyclic) bond motifs is 1.